The van der Waals surface area contributed by atoms with Crippen LogP contribution in [0.3, 0.4) is 0 Å². The fourth-order valence-electron chi connectivity index (χ4n) is 4.17. The van der Waals surface area contributed by atoms with E-state index < -0.39 is 5.92 Å². The molecule has 0 radical (unpaired) electrons. The van der Waals surface area contributed by atoms with Crippen molar-refractivity contribution in [3.05, 3.63) is 76.3 Å². The van der Waals surface area contributed by atoms with Crippen LogP contribution in [0, 0.1) is 26.2 Å². The van der Waals surface area contributed by atoms with E-state index in [1.165, 1.54) is 22.8 Å². The third-order valence-electron chi connectivity index (χ3n) is 7.34. The Morgan fingerprint density at radius 3 is 2.17 bits per heavy atom. The quantitative estimate of drug-likeness (QED) is 0.268. The first kappa shape index (κ1) is 33.3. The van der Waals surface area contributed by atoms with Crippen LogP contribution in [0.1, 0.15) is 94.1 Å². The second-order valence-corrected chi connectivity index (χ2v) is 11.2. The molecule has 1 heterocycles. The SMILES string of the molecule is C=C(C)CC.CCCO.CCc1cccc(C(C)(F)F)c1OCC1(Cc2nc(C)c3cc(C)c(C)cc3n2)CC1. The van der Waals surface area contributed by atoms with Gasteiger partial charge < -0.3 is 9.84 Å². The van der Waals surface area contributed by atoms with Gasteiger partial charge in [0.25, 0.3) is 5.92 Å². The summed E-state index contributed by atoms with van der Waals surface area (Å²) in [6.45, 7) is 19.6. The van der Waals surface area contributed by atoms with Crippen LogP contribution in [-0.4, -0.2) is 28.3 Å². The fourth-order valence-corrected chi connectivity index (χ4v) is 4.17. The van der Waals surface area contributed by atoms with Crippen LogP contribution < -0.4 is 4.74 Å². The maximum absolute atomic E-state index is 14.2. The van der Waals surface area contributed by atoms with Crippen LogP contribution >= 0.6 is 0 Å². The third kappa shape index (κ3) is 9.36. The number of nitrogens with zero attached hydrogens (tertiary/aromatic N) is 2. The van der Waals surface area contributed by atoms with Gasteiger partial charge in [0.15, 0.2) is 0 Å². The molecule has 40 heavy (non-hydrogen) atoms. The van der Waals surface area contributed by atoms with E-state index in [0.717, 1.165) is 60.6 Å². The molecule has 4 nitrogen and oxygen atoms in total. The van der Waals surface area contributed by atoms with E-state index in [0.29, 0.717) is 31.8 Å². The predicted molar refractivity (Wildman–Crippen MR) is 162 cm³/mol. The van der Waals surface area contributed by atoms with Crippen molar-refractivity contribution in [3.63, 3.8) is 0 Å². The molecule has 0 unspecified atom stereocenters. The fraction of sp³-hybridized carbons (Fsp3) is 0.529. The summed E-state index contributed by atoms with van der Waals surface area (Å²) >= 11 is 0. The largest absolute Gasteiger partial charge is 0.492 e. The number of hydrogen-bond acceptors (Lipinski definition) is 4. The Hall–Kier alpha value is -2.86. The number of aliphatic hydroxyl groups is 1. The average molecular weight is 555 g/mol. The number of aryl methyl sites for hydroxylation is 4. The van der Waals surface area contributed by atoms with Gasteiger partial charge in [-0.25, -0.2) is 18.7 Å². The number of hydrogen-bond donors (Lipinski definition) is 1. The zero-order chi connectivity index (χ0) is 30.1. The number of ether oxygens (including phenoxy) is 1. The minimum Gasteiger partial charge on any atom is -0.492 e. The molecule has 1 aliphatic rings. The van der Waals surface area contributed by atoms with Crippen molar-refractivity contribution in [2.45, 2.75) is 99.8 Å². The van der Waals surface area contributed by atoms with Gasteiger partial charge in [0, 0.05) is 36.4 Å². The number of fused-ring (bicyclic) bond motifs is 1. The number of benzene rings is 2. The maximum Gasteiger partial charge on any atom is 0.274 e. The van der Waals surface area contributed by atoms with E-state index in [-0.39, 0.29) is 11.0 Å². The summed E-state index contributed by atoms with van der Waals surface area (Å²) in [5.41, 5.74) is 6.34. The Labute approximate surface area is 239 Å². The highest BCUT2D eigenvalue weighted by atomic mass is 19.3. The molecule has 1 saturated carbocycles. The van der Waals surface area contributed by atoms with E-state index in [4.69, 9.17) is 19.8 Å². The summed E-state index contributed by atoms with van der Waals surface area (Å²) in [6, 6.07) is 9.28. The Kier molecular flexibility index (Phi) is 12.2. The van der Waals surface area contributed by atoms with Crippen LogP contribution in [-0.2, 0) is 18.8 Å². The lowest BCUT2D eigenvalue weighted by atomic mass is 10.0. The smallest absolute Gasteiger partial charge is 0.274 e. The predicted octanol–water partition coefficient (Wildman–Crippen LogP) is 8.99. The first-order valence-electron chi connectivity index (χ1n) is 14.4. The first-order valence-corrected chi connectivity index (χ1v) is 14.4. The van der Waals surface area contributed by atoms with Crippen molar-refractivity contribution in [1.82, 2.24) is 9.97 Å². The molecule has 0 aliphatic heterocycles. The van der Waals surface area contributed by atoms with Crippen LogP contribution in [0.25, 0.3) is 10.9 Å². The lowest BCUT2D eigenvalue weighted by molar-refractivity contribution is 0.0137. The van der Waals surface area contributed by atoms with Gasteiger partial charge in [-0.15, -0.1) is 6.58 Å². The molecule has 1 N–H and O–H groups in total. The van der Waals surface area contributed by atoms with Crippen LogP contribution in [0.15, 0.2) is 42.5 Å². The van der Waals surface area contributed by atoms with Gasteiger partial charge >= 0.3 is 0 Å². The zero-order valence-electron chi connectivity index (χ0n) is 25.8. The van der Waals surface area contributed by atoms with E-state index in [2.05, 4.69) is 39.5 Å². The number of aromatic nitrogens is 2. The number of rotatable bonds is 9. The lowest BCUT2D eigenvalue weighted by Crippen LogP contribution is -2.20. The Balaban J connectivity index is 0.000000543. The zero-order valence-corrected chi connectivity index (χ0v) is 25.8. The molecule has 1 aliphatic carbocycles. The van der Waals surface area contributed by atoms with Crippen LogP contribution in [0.5, 0.6) is 5.75 Å². The lowest BCUT2D eigenvalue weighted by Gasteiger charge is -2.22. The molecule has 0 saturated heterocycles. The van der Waals surface area contributed by atoms with Gasteiger partial charge in [-0.3, -0.25) is 0 Å². The van der Waals surface area contributed by atoms with Crippen molar-refractivity contribution in [2.75, 3.05) is 13.2 Å². The molecule has 3 aromatic rings. The van der Waals surface area contributed by atoms with Gasteiger partial charge in [-0.1, -0.05) is 38.5 Å². The minimum atomic E-state index is -2.94. The summed E-state index contributed by atoms with van der Waals surface area (Å²) in [6.07, 6.45) is 5.32. The number of aliphatic hydroxyl groups excluding tert-OH is 1. The van der Waals surface area contributed by atoms with Crippen molar-refractivity contribution < 1.29 is 18.6 Å². The van der Waals surface area contributed by atoms with Crippen LogP contribution in [0.4, 0.5) is 8.78 Å². The first-order chi connectivity index (χ1) is 18.8. The molecule has 1 fully saturated rings. The summed E-state index contributed by atoms with van der Waals surface area (Å²) in [5.74, 6) is -1.80. The van der Waals surface area contributed by atoms with Crippen molar-refractivity contribution in [2.24, 2.45) is 5.41 Å². The van der Waals surface area contributed by atoms with Gasteiger partial charge in [-0.05, 0) is 94.7 Å². The Morgan fingerprint density at radius 1 is 1.07 bits per heavy atom. The molecule has 0 amide bonds. The van der Waals surface area contributed by atoms with E-state index in [9.17, 15) is 8.78 Å². The molecule has 0 bridgehead atoms. The molecule has 6 heteroatoms. The topological polar surface area (TPSA) is 55.2 Å². The summed E-state index contributed by atoms with van der Waals surface area (Å²) < 4.78 is 34.4. The molecule has 2 aromatic carbocycles. The van der Waals surface area contributed by atoms with Crippen molar-refractivity contribution >= 4 is 10.9 Å². The second kappa shape index (κ2) is 14.7. The van der Waals surface area contributed by atoms with E-state index in [1.54, 1.807) is 6.07 Å². The number of para-hydroxylation sites is 1. The third-order valence-corrected chi connectivity index (χ3v) is 7.34. The number of halogens is 2. The maximum atomic E-state index is 14.2. The molecule has 0 spiro atoms. The summed E-state index contributed by atoms with van der Waals surface area (Å²) in [4.78, 5) is 9.58. The van der Waals surface area contributed by atoms with Crippen molar-refractivity contribution in [3.8, 4) is 5.75 Å². The number of alkyl halides is 2. The molecule has 0 atom stereocenters. The van der Waals surface area contributed by atoms with Gasteiger partial charge in [0.2, 0.25) is 0 Å². The van der Waals surface area contributed by atoms with Crippen molar-refractivity contribution in [1.29, 1.82) is 0 Å². The van der Waals surface area contributed by atoms with Crippen LogP contribution in [0.2, 0.25) is 0 Å². The van der Waals surface area contributed by atoms with Gasteiger partial charge in [0.1, 0.15) is 11.6 Å². The van der Waals surface area contributed by atoms with E-state index >= 15 is 0 Å². The molecular weight excluding hydrogens is 506 g/mol. The monoisotopic (exact) mass is 554 g/mol. The highest BCUT2D eigenvalue weighted by molar-refractivity contribution is 5.82. The average Bonchev–Trinajstić information content (AvgIpc) is 3.67. The van der Waals surface area contributed by atoms with E-state index in [1.807, 2.05) is 33.8 Å². The highest BCUT2D eigenvalue weighted by Crippen LogP contribution is 2.49. The Morgan fingerprint density at radius 2 is 1.68 bits per heavy atom. The summed E-state index contributed by atoms with van der Waals surface area (Å²) in [7, 11) is 0. The molecular formula is C34H48F2N2O2. The molecule has 220 valence electrons. The minimum absolute atomic E-state index is 0.0358. The highest BCUT2D eigenvalue weighted by Gasteiger charge is 2.45. The standard InChI is InChI=1S/C26H30F2N2O.C5H10.C3H8O/c1-6-19-8-7-9-21(25(5,27)28)24(19)31-15-26(10-11-26)14-23-29-18(4)20-12-16(2)17(3)13-22(20)30-23;1-4-5(2)3;1-2-3-4/h7-9,12-13H,6,10-11,14-15H2,1-5H3;2,4H2,1,3H3;4H,2-3H2,1H3. The van der Waals surface area contributed by atoms with Gasteiger partial charge in [-0.2, -0.15) is 0 Å². The second-order valence-electron chi connectivity index (χ2n) is 11.2. The Bertz CT molecular complexity index is 1280. The molecule has 1 aromatic heterocycles. The van der Waals surface area contributed by atoms with Gasteiger partial charge in [0.05, 0.1) is 17.7 Å². The normalized spacial score (nSPS) is 13.6. The summed E-state index contributed by atoms with van der Waals surface area (Å²) in [5, 5.41) is 8.96. The number of allylic oxidation sites excluding steroid dienone is 1. The molecule has 4 rings (SSSR count).